The standard InChI is InChI=1S/C25H28N2O3S/c1-4-19-11-12-20(5-2)22(15-19)17-26-25(28)21-7-6-8-23(16-21)27-31(29,30)24-13-9-18(3)10-14-24/h6-16,27H,4-5,17H2,1-3H3,(H,26,28). The van der Waals surface area contributed by atoms with Gasteiger partial charge in [-0.3, -0.25) is 9.52 Å². The Kier molecular flexibility index (Phi) is 7.13. The number of amides is 1. The Labute approximate surface area is 184 Å². The predicted octanol–water partition coefficient (Wildman–Crippen LogP) is 4.85. The van der Waals surface area contributed by atoms with E-state index in [9.17, 15) is 13.2 Å². The Hall–Kier alpha value is -3.12. The van der Waals surface area contributed by atoms with Gasteiger partial charge in [-0.2, -0.15) is 0 Å². The molecule has 0 aliphatic carbocycles. The van der Waals surface area contributed by atoms with Crippen molar-refractivity contribution in [2.24, 2.45) is 0 Å². The van der Waals surface area contributed by atoms with Crippen LogP contribution in [0.2, 0.25) is 0 Å². The number of nitrogens with one attached hydrogen (secondary N) is 2. The van der Waals surface area contributed by atoms with Crippen molar-refractivity contribution in [3.63, 3.8) is 0 Å². The molecular formula is C25H28N2O3S. The summed E-state index contributed by atoms with van der Waals surface area (Å²) in [5, 5.41) is 2.95. The lowest BCUT2D eigenvalue weighted by Crippen LogP contribution is -2.23. The highest BCUT2D eigenvalue weighted by molar-refractivity contribution is 7.92. The number of benzene rings is 3. The lowest BCUT2D eigenvalue weighted by atomic mass is 10.0. The van der Waals surface area contributed by atoms with Gasteiger partial charge >= 0.3 is 0 Å². The van der Waals surface area contributed by atoms with Crippen LogP contribution in [-0.4, -0.2) is 14.3 Å². The maximum absolute atomic E-state index is 12.7. The SMILES string of the molecule is CCc1ccc(CC)c(CNC(=O)c2cccc(NS(=O)(=O)c3ccc(C)cc3)c2)c1. The molecule has 0 heterocycles. The van der Waals surface area contributed by atoms with E-state index in [1.54, 1.807) is 48.5 Å². The van der Waals surface area contributed by atoms with Crippen LogP contribution in [0.25, 0.3) is 0 Å². The van der Waals surface area contributed by atoms with E-state index in [4.69, 9.17) is 0 Å². The summed E-state index contributed by atoms with van der Waals surface area (Å²) in [6, 6.07) is 19.5. The van der Waals surface area contributed by atoms with E-state index in [-0.39, 0.29) is 10.8 Å². The monoisotopic (exact) mass is 436 g/mol. The number of rotatable bonds is 8. The summed E-state index contributed by atoms with van der Waals surface area (Å²) in [6.45, 7) is 6.52. The maximum Gasteiger partial charge on any atom is 0.261 e. The molecule has 0 saturated heterocycles. The molecule has 3 rings (SSSR count). The van der Waals surface area contributed by atoms with Gasteiger partial charge in [0.2, 0.25) is 0 Å². The summed E-state index contributed by atoms with van der Waals surface area (Å²) >= 11 is 0. The highest BCUT2D eigenvalue weighted by atomic mass is 32.2. The first kappa shape index (κ1) is 22.6. The Balaban J connectivity index is 1.73. The molecule has 1 amide bonds. The van der Waals surface area contributed by atoms with Crippen molar-refractivity contribution in [2.75, 3.05) is 4.72 Å². The summed E-state index contributed by atoms with van der Waals surface area (Å²) in [5.41, 5.74) is 5.26. The number of anilines is 1. The van der Waals surface area contributed by atoms with E-state index in [1.165, 1.54) is 11.1 Å². The van der Waals surface area contributed by atoms with Crippen molar-refractivity contribution in [1.29, 1.82) is 0 Å². The topological polar surface area (TPSA) is 75.3 Å². The second kappa shape index (κ2) is 9.79. The van der Waals surface area contributed by atoms with Gasteiger partial charge in [-0.15, -0.1) is 0 Å². The molecule has 0 unspecified atom stereocenters. The third-order valence-corrected chi connectivity index (χ3v) is 6.60. The van der Waals surface area contributed by atoms with Gasteiger partial charge < -0.3 is 5.32 Å². The second-order valence-electron chi connectivity index (χ2n) is 7.49. The van der Waals surface area contributed by atoms with Gasteiger partial charge in [0.05, 0.1) is 4.90 Å². The third kappa shape index (κ3) is 5.73. The molecule has 31 heavy (non-hydrogen) atoms. The first-order valence-electron chi connectivity index (χ1n) is 10.4. The van der Waals surface area contributed by atoms with Crippen LogP contribution in [0.4, 0.5) is 5.69 Å². The van der Waals surface area contributed by atoms with Gasteiger partial charge in [0.25, 0.3) is 15.9 Å². The predicted molar refractivity (Wildman–Crippen MR) is 125 cm³/mol. The van der Waals surface area contributed by atoms with E-state index in [0.717, 1.165) is 24.0 Å². The zero-order valence-corrected chi connectivity index (χ0v) is 18.9. The quantitative estimate of drug-likeness (QED) is 0.530. The fraction of sp³-hybridized carbons (Fsp3) is 0.240. The van der Waals surface area contributed by atoms with Gasteiger partial charge in [-0.25, -0.2) is 8.42 Å². The Morgan fingerprint density at radius 3 is 2.29 bits per heavy atom. The molecule has 162 valence electrons. The third-order valence-electron chi connectivity index (χ3n) is 5.21. The lowest BCUT2D eigenvalue weighted by Gasteiger charge is -2.12. The van der Waals surface area contributed by atoms with E-state index in [2.05, 4.69) is 42.1 Å². The van der Waals surface area contributed by atoms with Crippen LogP contribution in [0.1, 0.15) is 46.5 Å². The summed E-state index contributed by atoms with van der Waals surface area (Å²) in [6.07, 6.45) is 1.83. The second-order valence-corrected chi connectivity index (χ2v) is 9.17. The fourth-order valence-electron chi connectivity index (χ4n) is 3.34. The molecule has 0 atom stereocenters. The lowest BCUT2D eigenvalue weighted by molar-refractivity contribution is 0.0951. The van der Waals surface area contributed by atoms with Crippen LogP contribution in [0, 0.1) is 6.92 Å². The van der Waals surface area contributed by atoms with Gasteiger partial charge in [-0.05, 0) is 66.8 Å². The highest BCUT2D eigenvalue weighted by Gasteiger charge is 2.15. The number of aryl methyl sites for hydroxylation is 3. The van der Waals surface area contributed by atoms with Gasteiger partial charge in [0.15, 0.2) is 0 Å². The first-order chi connectivity index (χ1) is 14.8. The molecule has 0 aliphatic heterocycles. The molecule has 0 aromatic heterocycles. The molecule has 5 nitrogen and oxygen atoms in total. The number of hydrogen-bond acceptors (Lipinski definition) is 3. The maximum atomic E-state index is 12.7. The summed E-state index contributed by atoms with van der Waals surface area (Å²) in [7, 11) is -3.73. The largest absolute Gasteiger partial charge is 0.348 e. The zero-order valence-electron chi connectivity index (χ0n) is 18.1. The molecule has 0 saturated carbocycles. The molecular weight excluding hydrogens is 408 g/mol. The molecule has 2 N–H and O–H groups in total. The molecule has 6 heteroatoms. The van der Waals surface area contributed by atoms with E-state index in [1.807, 2.05) is 6.92 Å². The normalized spacial score (nSPS) is 11.2. The minimum Gasteiger partial charge on any atom is -0.348 e. The van der Waals surface area contributed by atoms with Gasteiger partial charge in [-0.1, -0.05) is 55.8 Å². The molecule has 0 radical (unpaired) electrons. The highest BCUT2D eigenvalue weighted by Crippen LogP contribution is 2.18. The smallest absolute Gasteiger partial charge is 0.261 e. The van der Waals surface area contributed by atoms with Crippen LogP contribution in [0.15, 0.2) is 71.6 Å². The van der Waals surface area contributed by atoms with Crippen molar-refractivity contribution in [3.05, 3.63) is 94.5 Å². The van der Waals surface area contributed by atoms with Crippen molar-refractivity contribution in [1.82, 2.24) is 5.32 Å². The van der Waals surface area contributed by atoms with Crippen LogP contribution in [0.5, 0.6) is 0 Å². The zero-order chi connectivity index (χ0) is 22.4. The summed E-state index contributed by atoms with van der Waals surface area (Å²) in [4.78, 5) is 12.9. The molecule has 0 spiro atoms. The van der Waals surface area contributed by atoms with Gasteiger partial charge in [0, 0.05) is 17.8 Å². The molecule has 3 aromatic rings. The van der Waals surface area contributed by atoms with Crippen LogP contribution >= 0.6 is 0 Å². The van der Waals surface area contributed by atoms with Crippen molar-refractivity contribution in [3.8, 4) is 0 Å². The minimum absolute atomic E-state index is 0.177. The molecule has 0 bridgehead atoms. The minimum atomic E-state index is -3.73. The summed E-state index contributed by atoms with van der Waals surface area (Å²) < 4.78 is 27.8. The number of carbonyl (C=O) groups is 1. The van der Waals surface area contributed by atoms with Crippen LogP contribution in [0.3, 0.4) is 0 Å². The Morgan fingerprint density at radius 2 is 1.61 bits per heavy atom. The number of carbonyl (C=O) groups excluding carboxylic acids is 1. The average molecular weight is 437 g/mol. The summed E-state index contributed by atoms with van der Waals surface area (Å²) in [5.74, 6) is -0.250. The Bertz CT molecular complexity index is 1170. The number of sulfonamides is 1. The first-order valence-corrected chi connectivity index (χ1v) is 11.9. The van der Waals surface area contributed by atoms with Crippen molar-refractivity contribution >= 4 is 21.6 Å². The van der Waals surface area contributed by atoms with E-state index in [0.29, 0.717) is 17.8 Å². The van der Waals surface area contributed by atoms with Gasteiger partial charge in [0.1, 0.15) is 0 Å². The Morgan fingerprint density at radius 1 is 0.871 bits per heavy atom. The van der Waals surface area contributed by atoms with E-state index < -0.39 is 10.0 Å². The van der Waals surface area contributed by atoms with Crippen LogP contribution < -0.4 is 10.0 Å². The fourth-order valence-corrected chi connectivity index (χ4v) is 4.39. The van der Waals surface area contributed by atoms with Crippen molar-refractivity contribution in [2.45, 2.75) is 45.1 Å². The molecule has 3 aromatic carbocycles. The van der Waals surface area contributed by atoms with Crippen LogP contribution in [-0.2, 0) is 29.4 Å². The van der Waals surface area contributed by atoms with E-state index >= 15 is 0 Å². The number of hydrogen-bond donors (Lipinski definition) is 2. The average Bonchev–Trinajstić information content (AvgIpc) is 2.77. The van der Waals surface area contributed by atoms with Crippen molar-refractivity contribution < 1.29 is 13.2 Å². The molecule has 0 fully saturated rings. The molecule has 0 aliphatic rings.